The minimum atomic E-state index is -0.526. The summed E-state index contributed by atoms with van der Waals surface area (Å²) in [5.74, 6) is 0.552. The van der Waals surface area contributed by atoms with Crippen LogP contribution in [0.1, 0.15) is 38.7 Å². The molecule has 0 saturated carbocycles. The van der Waals surface area contributed by atoms with Gasteiger partial charge in [-0.05, 0) is 50.3 Å². The predicted molar refractivity (Wildman–Crippen MR) is 79.8 cm³/mol. The van der Waals surface area contributed by atoms with E-state index < -0.39 is 6.04 Å². The number of hydrogen-bond acceptors (Lipinski definition) is 4. The summed E-state index contributed by atoms with van der Waals surface area (Å²) in [7, 11) is 1.65. The third-order valence-corrected chi connectivity index (χ3v) is 3.33. The van der Waals surface area contributed by atoms with Crippen molar-refractivity contribution in [3.8, 4) is 5.75 Å². The molecule has 0 radical (unpaired) electrons. The van der Waals surface area contributed by atoms with Crippen molar-refractivity contribution < 1.29 is 14.3 Å². The van der Waals surface area contributed by atoms with Crippen LogP contribution in [0.3, 0.4) is 0 Å². The van der Waals surface area contributed by atoms with Crippen LogP contribution in [-0.4, -0.2) is 25.2 Å². The van der Waals surface area contributed by atoms with E-state index in [1.807, 2.05) is 38.1 Å². The van der Waals surface area contributed by atoms with Crippen molar-refractivity contribution in [1.29, 1.82) is 0 Å². The van der Waals surface area contributed by atoms with Crippen molar-refractivity contribution in [1.82, 2.24) is 0 Å². The van der Waals surface area contributed by atoms with E-state index >= 15 is 0 Å². The Morgan fingerprint density at radius 3 is 2.50 bits per heavy atom. The molecular formula is C16H25NO3. The minimum Gasteiger partial charge on any atom is -0.497 e. The first kappa shape index (κ1) is 16.5. The number of benzene rings is 1. The molecule has 0 fully saturated rings. The lowest BCUT2D eigenvalue weighted by Crippen LogP contribution is -2.34. The summed E-state index contributed by atoms with van der Waals surface area (Å²) in [6.45, 7) is 3.86. The van der Waals surface area contributed by atoms with E-state index in [2.05, 4.69) is 0 Å². The molecule has 0 aliphatic rings. The first-order chi connectivity index (χ1) is 9.56. The fraction of sp³-hybridized carbons (Fsp3) is 0.562. The molecular weight excluding hydrogens is 254 g/mol. The fourth-order valence-electron chi connectivity index (χ4n) is 1.81. The Bertz CT molecular complexity index is 403. The van der Waals surface area contributed by atoms with Gasteiger partial charge >= 0.3 is 5.97 Å². The van der Waals surface area contributed by atoms with Crippen LogP contribution in [0.15, 0.2) is 24.3 Å². The Balaban J connectivity index is 2.30. The molecule has 0 aromatic heterocycles. The smallest absolute Gasteiger partial charge is 0.323 e. The predicted octanol–water partition coefficient (Wildman–Crippen LogP) is 2.69. The van der Waals surface area contributed by atoms with Gasteiger partial charge in [0.05, 0.1) is 13.2 Å². The van der Waals surface area contributed by atoms with Gasteiger partial charge in [-0.15, -0.1) is 0 Å². The minimum absolute atomic E-state index is 0.0601. The second kappa shape index (κ2) is 8.59. The van der Waals surface area contributed by atoms with E-state index in [1.165, 1.54) is 5.56 Å². The third-order valence-electron chi connectivity index (χ3n) is 3.33. The molecule has 2 atom stereocenters. The normalized spacial score (nSPS) is 13.6. The second-order valence-corrected chi connectivity index (χ2v) is 5.00. The van der Waals surface area contributed by atoms with Crippen LogP contribution in [0, 0.1) is 0 Å². The molecule has 0 aliphatic heterocycles. The van der Waals surface area contributed by atoms with Gasteiger partial charge in [-0.1, -0.05) is 19.1 Å². The van der Waals surface area contributed by atoms with Gasteiger partial charge in [-0.3, -0.25) is 4.79 Å². The highest BCUT2D eigenvalue weighted by Gasteiger charge is 2.16. The summed E-state index contributed by atoms with van der Waals surface area (Å²) in [4.78, 5) is 11.7. The lowest BCUT2D eigenvalue weighted by molar-refractivity contribution is -0.150. The number of methoxy groups -OCH3 is 1. The largest absolute Gasteiger partial charge is 0.497 e. The first-order valence-electron chi connectivity index (χ1n) is 7.15. The van der Waals surface area contributed by atoms with E-state index in [0.29, 0.717) is 6.42 Å². The van der Waals surface area contributed by atoms with Gasteiger partial charge in [0, 0.05) is 0 Å². The average molecular weight is 279 g/mol. The van der Waals surface area contributed by atoms with Gasteiger partial charge < -0.3 is 15.2 Å². The van der Waals surface area contributed by atoms with E-state index in [9.17, 15) is 4.79 Å². The Hall–Kier alpha value is -1.55. The molecule has 1 aromatic rings. The van der Waals surface area contributed by atoms with Gasteiger partial charge in [0.1, 0.15) is 11.8 Å². The SMILES string of the molecule is CCC(C)OC(=O)C(N)CCCc1ccc(OC)cc1. The lowest BCUT2D eigenvalue weighted by atomic mass is 10.0. The molecule has 4 nitrogen and oxygen atoms in total. The third kappa shape index (κ3) is 5.61. The standard InChI is InChI=1S/C16H25NO3/c1-4-12(2)20-16(18)15(17)7-5-6-13-8-10-14(19-3)11-9-13/h8-12,15H,4-7,17H2,1-3H3. The molecule has 20 heavy (non-hydrogen) atoms. The first-order valence-corrected chi connectivity index (χ1v) is 7.15. The van der Waals surface area contributed by atoms with Crippen LogP contribution in [-0.2, 0) is 16.0 Å². The van der Waals surface area contributed by atoms with Crippen LogP contribution < -0.4 is 10.5 Å². The van der Waals surface area contributed by atoms with Crippen LogP contribution in [0.5, 0.6) is 5.75 Å². The molecule has 112 valence electrons. The molecule has 0 bridgehead atoms. The van der Waals surface area contributed by atoms with Crippen molar-refractivity contribution in [2.45, 2.75) is 51.7 Å². The Labute approximate surface area is 121 Å². The van der Waals surface area contributed by atoms with E-state index in [0.717, 1.165) is 25.0 Å². The maximum atomic E-state index is 11.7. The average Bonchev–Trinajstić information content (AvgIpc) is 2.47. The number of aryl methyl sites for hydroxylation is 1. The molecule has 0 spiro atoms. The van der Waals surface area contributed by atoms with Crippen LogP contribution in [0.25, 0.3) is 0 Å². The lowest BCUT2D eigenvalue weighted by Gasteiger charge is -2.15. The van der Waals surface area contributed by atoms with Crippen molar-refractivity contribution in [3.05, 3.63) is 29.8 Å². The van der Waals surface area contributed by atoms with Crippen LogP contribution >= 0.6 is 0 Å². The topological polar surface area (TPSA) is 61.5 Å². The molecule has 1 aromatic carbocycles. The fourth-order valence-corrected chi connectivity index (χ4v) is 1.81. The zero-order valence-electron chi connectivity index (χ0n) is 12.6. The highest BCUT2D eigenvalue weighted by Crippen LogP contribution is 2.13. The number of hydrogen-bond donors (Lipinski definition) is 1. The Morgan fingerprint density at radius 1 is 1.30 bits per heavy atom. The molecule has 2 unspecified atom stereocenters. The van der Waals surface area contributed by atoms with Gasteiger partial charge in [0.25, 0.3) is 0 Å². The van der Waals surface area contributed by atoms with E-state index in [-0.39, 0.29) is 12.1 Å². The van der Waals surface area contributed by atoms with Crippen molar-refractivity contribution in [2.24, 2.45) is 5.73 Å². The zero-order chi connectivity index (χ0) is 15.0. The summed E-state index contributed by atoms with van der Waals surface area (Å²) >= 11 is 0. The van der Waals surface area contributed by atoms with Gasteiger partial charge in [0.2, 0.25) is 0 Å². The number of esters is 1. The van der Waals surface area contributed by atoms with Crippen molar-refractivity contribution in [2.75, 3.05) is 7.11 Å². The monoisotopic (exact) mass is 279 g/mol. The van der Waals surface area contributed by atoms with Crippen molar-refractivity contribution in [3.63, 3.8) is 0 Å². The summed E-state index contributed by atoms with van der Waals surface area (Å²) < 4.78 is 10.3. The molecule has 1 rings (SSSR count). The number of carbonyl (C=O) groups is 1. The summed E-state index contributed by atoms with van der Waals surface area (Å²) in [6, 6.07) is 7.41. The molecule has 0 saturated heterocycles. The number of carbonyl (C=O) groups excluding carboxylic acids is 1. The van der Waals surface area contributed by atoms with Gasteiger partial charge in [0.15, 0.2) is 0 Å². The van der Waals surface area contributed by atoms with Crippen LogP contribution in [0.2, 0.25) is 0 Å². The molecule has 0 heterocycles. The zero-order valence-corrected chi connectivity index (χ0v) is 12.6. The Morgan fingerprint density at radius 2 is 1.95 bits per heavy atom. The number of ether oxygens (including phenoxy) is 2. The van der Waals surface area contributed by atoms with Gasteiger partial charge in [-0.25, -0.2) is 0 Å². The molecule has 0 aliphatic carbocycles. The number of nitrogens with two attached hydrogens (primary N) is 1. The Kier molecular flexibility index (Phi) is 7.09. The van der Waals surface area contributed by atoms with Crippen LogP contribution in [0.4, 0.5) is 0 Å². The number of rotatable bonds is 8. The van der Waals surface area contributed by atoms with E-state index in [4.69, 9.17) is 15.2 Å². The summed E-state index contributed by atoms with van der Waals surface area (Å²) in [6.07, 6.45) is 3.15. The summed E-state index contributed by atoms with van der Waals surface area (Å²) in [5.41, 5.74) is 7.05. The highest BCUT2D eigenvalue weighted by molar-refractivity contribution is 5.75. The highest BCUT2D eigenvalue weighted by atomic mass is 16.5. The maximum absolute atomic E-state index is 11.7. The van der Waals surface area contributed by atoms with Crippen molar-refractivity contribution >= 4 is 5.97 Å². The second-order valence-electron chi connectivity index (χ2n) is 5.00. The van der Waals surface area contributed by atoms with E-state index in [1.54, 1.807) is 7.11 Å². The van der Waals surface area contributed by atoms with Gasteiger partial charge in [-0.2, -0.15) is 0 Å². The molecule has 2 N–H and O–H groups in total. The molecule has 4 heteroatoms. The maximum Gasteiger partial charge on any atom is 0.323 e. The molecule has 0 amide bonds. The summed E-state index contributed by atoms with van der Waals surface area (Å²) in [5, 5.41) is 0. The quantitative estimate of drug-likeness (QED) is 0.743.